The Kier molecular flexibility index (Phi) is 4.45. The van der Waals surface area contributed by atoms with Crippen LogP contribution >= 0.6 is 43.2 Å². The van der Waals surface area contributed by atoms with Crippen molar-refractivity contribution in [1.29, 1.82) is 0 Å². The molecule has 0 bridgehead atoms. The molecular weight excluding hydrogens is 384 g/mol. The van der Waals surface area contributed by atoms with Crippen molar-refractivity contribution in [2.75, 3.05) is 13.1 Å². The lowest BCUT2D eigenvalue weighted by molar-refractivity contribution is -0.119. The van der Waals surface area contributed by atoms with Crippen molar-refractivity contribution >= 4 is 55.0 Å². The Morgan fingerprint density at radius 3 is 2.78 bits per heavy atom. The number of carbonyl (C=O) groups excluding carboxylic acids is 2. The minimum atomic E-state index is -0.0474. The second-order valence-corrected chi connectivity index (χ2v) is 7.92. The summed E-state index contributed by atoms with van der Waals surface area (Å²) in [6, 6.07) is 1.90. The number of carbonyl (C=O) groups is 2. The van der Waals surface area contributed by atoms with Crippen LogP contribution in [0.2, 0.25) is 0 Å². The van der Waals surface area contributed by atoms with Gasteiger partial charge in [-0.2, -0.15) is 0 Å². The Balaban J connectivity index is 2.03. The van der Waals surface area contributed by atoms with Gasteiger partial charge < -0.3 is 10.2 Å². The van der Waals surface area contributed by atoms with Crippen LogP contribution in [0.1, 0.15) is 23.7 Å². The topological polar surface area (TPSA) is 49.4 Å². The molecule has 0 spiro atoms. The molecule has 98 valence electrons. The van der Waals surface area contributed by atoms with Gasteiger partial charge in [-0.15, -0.1) is 11.3 Å². The van der Waals surface area contributed by atoms with Crippen LogP contribution in [-0.2, 0) is 4.79 Å². The Morgan fingerprint density at radius 2 is 2.22 bits per heavy atom. The first-order chi connectivity index (χ1) is 8.47. The molecule has 0 aliphatic carbocycles. The van der Waals surface area contributed by atoms with Gasteiger partial charge in [0.2, 0.25) is 5.91 Å². The van der Waals surface area contributed by atoms with E-state index in [0.29, 0.717) is 18.7 Å². The van der Waals surface area contributed by atoms with Gasteiger partial charge >= 0.3 is 0 Å². The zero-order valence-corrected chi connectivity index (χ0v) is 13.7. The fourth-order valence-electron chi connectivity index (χ4n) is 2.01. The molecule has 2 heterocycles. The van der Waals surface area contributed by atoms with Gasteiger partial charge in [0, 0.05) is 26.1 Å². The number of halogens is 2. The van der Waals surface area contributed by atoms with E-state index in [1.165, 1.54) is 18.3 Å². The first-order valence-electron chi connectivity index (χ1n) is 5.48. The number of hydrogen-bond donors (Lipinski definition) is 1. The summed E-state index contributed by atoms with van der Waals surface area (Å²) in [6.07, 6.45) is 0.814. The van der Waals surface area contributed by atoms with Gasteiger partial charge in [0.1, 0.15) is 0 Å². The Bertz CT molecular complexity index is 489. The molecule has 1 aliphatic rings. The van der Waals surface area contributed by atoms with Crippen LogP contribution in [0.3, 0.4) is 0 Å². The van der Waals surface area contributed by atoms with Crippen molar-refractivity contribution in [3.05, 3.63) is 19.2 Å². The van der Waals surface area contributed by atoms with Crippen LogP contribution in [0.25, 0.3) is 0 Å². The fraction of sp³-hybridized carbons (Fsp3) is 0.455. The molecule has 18 heavy (non-hydrogen) atoms. The van der Waals surface area contributed by atoms with E-state index in [1.54, 1.807) is 4.90 Å². The highest BCUT2D eigenvalue weighted by molar-refractivity contribution is 9.12. The van der Waals surface area contributed by atoms with Gasteiger partial charge in [-0.1, -0.05) is 0 Å². The third-order valence-electron chi connectivity index (χ3n) is 2.77. The van der Waals surface area contributed by atoms with E-state index in [1.807, 2.05) is 6.07 Å². The van der Waals surface area contributed by atoms with Crippen molar-refractivity contribution in [1.82, 2.24) is 10.2 Å². The second kappa shape index (κ2) is 5.71. The molecule has 1 N–H and O–H groups in total. The average Bonchev–Trinajstić information content (AvgIpc) is 2.84. The average molecular weight is 396 g/mol. The van der Waals surface area contributed by atoms with Gasteiger partial charge in [-0.05, 0) is 44.3 Å². The Morgan fingerprint density at radius 1 is 1.50 bits per heavy atom. The highest BCUT2D eigenvalue weighted by Gasteiger charge is 2.28. The van der Waals surface area contributed by atoms with E-state index < -0.39 is 0 Å². The third-order valence-corrected chi connectivity index (χ3v) is 5.11. The van der Waals surface area contributed by atoms with Crippen molar-refractivity contribution < 1.29 is 9.59 Å². The van der Waals surface area contributed by atoms with Gasteiger partial charge in [0.05, 0.1) is 13.1 Å². The molecule has 1 atom stereocenters. The molecule has 1 aromatic rings. The van der Waals surface area contributed by atoms with Gasteiger partial charge in [0.15, 0.2) is 0 Å². The smallest absolute Gasteiger partial charge is 0.255 e. The maximum atomic E-state index is 12.3. The lowest BCUT2D eigenvalue weighted by Gasteiger charge is -2.16. The van der Waals surface area contributed by atoms with E-state index >= 15 is 0 Å². The van der Waals surface area contributed by atoms with E-state index in [2.05, 4.69) is 37.2 Å². The molecule has 0 aromatic carbocycles. The van der Waals surface area contributed by atoms with Gasteiger partial charge in [0.25, 0.3) is 5.91 Å². The lowest BCUT2D eigenvalue weighted by atomic mass is 10.2. The van der Waals surface area contributed by atoms with Crippen molar-refractivity contribution in [2.24, 2.45) is 0 Å². The highest BCUT2D eigenvalue weighted by Crippen LogP contribution is 2.33. The maximum absolute atomic E-state index is 12.3. The molecule has 0 saturated carbocycles. The van der Waals surface area contributed by atoms with Crippen LogP contribution in [0.4, 0.5) is 0 Å². The maximum Gasteiger partial charge on any atom is 0.255 e. The molecule has 1 aromatic heterocycles. The van der Waals surface area contributed by atoms with Crippen LogP contribution < -0.4 is 5.32 Å². The summed E-state index contributed by atoms with van der Waals surface area (Å²) in [5.74, 6) is -0.0366. The van der Waals surface area contributed by atoms with Crippen LogP contribution in [-0.4, -0.2) is 35.8 Å². The quantitative estimate of drug-likeness (QED) is 0.836. The molecule has 0 radical (unpaired) electrons. The minimum absolute atomic E-state index is 0.0108. The Labute approximate surface area is 126 Å². The number of nitrogens with one attached hydrogen (secondary N) is 1. The van der Waals surface area contributed by atoms with Crippen molar-refractivity contribution in [2.45, 2.75) is 19.4 Å². The molecule has 4 nitrogen and oxygen atoms in total. The molecule has 1 unspecified atom stereocenters. The second-order valence-electron chi connectivity index (χ2n) is 4.18. The van der Waals surface area contributed by atoms with Gasteiger partial charge in [-0.25, -0.2) is 0 Å². The summed E-state index contributed by atoms with van der Waals surface area (Å²) in [7, 11) is 0. The van der Waals surface area contributed by atoms with E-state index in [0.717, 1.165) is 14.0 Å². The lowest BCUT2D eigenvalue weighted by Crippen LogP contribution is -2.37. The molecule has 2 rings (SSSR count). The van der Waals surface area contributed by atoms with E-state index in [4.69, 9.17) is 0 Å². The third kappa shape index (κ3) is 3.13. The number of rotatable bonds is 2. The molecule has 7 heteroatoms. The first-order valence-corrected chi connectivity index (χ1v) is 7.89. The van der Waals surface area contributed by atoms with E-state index in [-0.39, 0.29) is 17.9 Å². The Hall–Kier alpha value is -0.400. The van der Waals surface area contributed by atoms with Crippen LogP contribution in [0.5, 0.6) is 0 Å². The first kappa shape index (κ1) is 14.0. The normalized spacial score (nSPS) is 19.1. The monoisotopic (exact) mass is 394 g/mol. The number of thiophene rings is 1. The summed E-state index contributed by atoms with van der Waals surface area (Å²) in [5.41, 5.74) is 0.676. The fourth-order valence-corrected chi connectivity index (χ4v) is 4.78. The molecule has 1 saturated heterocycles. The minimum Gasteiger partial charge on any atom is -0.352 e. The van der Waals surface area contributed by atoms with E-state index in [9.17, 15) is 9.59 Å². The SMILES string of the molecule is CC(=O)NC1CCN(C(=O)c2cc(Br)sc2Br)C1. The molecule has 1 aliphatic heterocycles. The summed E-state index contributed by atoms with van der Waals surface area (Å²) < 4.78 is 1.76. The zero-order valence-electron chi connectivity index (χ0n) is 9.70. The molecule has 2 amide bonds. The largest absolute Gasteiger partial charge is 0.352 e. The predicted molar refractivity (Wildman–Crippen MR) is 77.8 cm³/mol. The van der Waals surface area contributed by atoms with Crippen LogP contribution in [0, 0.1) is 0 Å². The standard InChI is InChI=1S/C11H12Br2N2O2S/c1-6(16)14-7-2-3-15(5-7)11(17)8-4-9(12)18-10(8)13/h4,7H,2-3,5H2,1H3,(H,14,16). The molecular formula is C11H12Br2N2O2S. The predicted octanol–water partition coefficient (Wildman–Crippen LogP) is 2.62. The summed E-state index contributed by atoms with van der Waals surface area (Å²) in [4.78, 5) is 25.0. The number of amides is 2. The number of likely N-dealkylation sites (tertiary alicyclic amines) is 1. The summed E-state index contributed by atoms with van der Waals surface area (Å²) in [5, 5.41) is 2.85. The zero-order chi connectivity index (χ0) is 13.3. The van der Waals surface area contributed by atoms with Crippen molar-refractivity contribution in [3.8, 4) is 0 Å². The summed E-state index contributed by atoms with van der Waals surface area (Å²) >= 11 is 8.24. The van der Waals surface area contributed by atoms with Crippen molar-refractivity contribution in [3.63, 3.8) is 0 Å². The summed E-state index contributed by atoms with van der Waals surface area (Å²) in [6.45, 7) is 2.76. The number of nitrogens with zero attached hydrogens (tertiary/aromatic N) is 1. The number of hydrogen-bond acceptors (Lipinski definition) is 3. The van der Waals surface area contributed by atoms with Gasteiger partial charge in [-0.3, -0.25) is 9.59 Å². The molecule has 1 fully saturated rings. The van der Waals surface area contributed by atoms with Crippen LogP contribution in [0.15, 0.2) is 13.6 Å². The highest BCUT2D eigenvalue weighted by atomic mass is 79.9.